The van der Waals surface area contributed by atoms with Crippen LogP contribution in [0, 0.1) is 5.92 Å². The van der Waals surface area contributed by atoms with Gasteiger partial charge >= 0.3 is 0 Å². The molecule has 0 bridgehead atoms. The maximum absolute atomic E-state index is 11.7. The average Bonchev–Trinajstić information content (AvgIpc) is 2.39. The summed E-state index contributed by atoms with van der Waals surface area (Å²) < 4.78 is 29.2. The van der Waals surface area contributed by atoms with Crippen molar-refractivity contribution in [3.63, 3.8) is 0 Å². The first kappa shape index (κ1) is 14.3. The molecule has 19 heavy (non-hydrogen) atoms. The molecule has 1 saturated carbocycles. The second kappa shape index (κ2) is 5.88. The van der Waals surface area contributed by atoms with Crippen LogP contribution in [-0.4, -0.2) is 32.3 Å². The molecule has 1 fully saturated rings. The highest BCUT2D eigenvalue weighted by Crippen LogP contribution is 2.29. The second-order valence-electron chi connectivity index (χ2n) is 5.02. The zero-order valence-corrected chi connectivity index (χ0v) is 11.9. The van der Waals surface area contributed by atoms with Crippen LogP contribution in [0.4, 0.5) is 0 Å². The molecule has 2 atom stereocenters. The van der Waals surface area contributed by atoms with Gasteiger partial charge in [0.25, 0.3) is 0 Å². The number of aromatic nitrogens is 1. The van der Waals surface area contributed by atoms with Crippen molar-refractivity contribution in [1.29, 1.82) is 0 Å². The van der Waals surface area contributed by atoms with Crippen LogP contribution in [0.25, 0.3) is 0 Å². The van der Waals surface area contributed by atoms with E-state index in [0.29, 0.717) is 6.54 Å². The highest BCUT2D eigenvalue weighted by Gasteiger charge is 2.27. The maximum Gasteiger partial charge on any atom is 0.232 e. The maximum atomic E-state index is 11.7. The van der Waals surface area contributed by atoms with E-state index < -0.39 is 9.84 Å². The summed E-state index contributed by atoms with van der Waals surface area (Å²) in [5, 5.41) is 0. The van der Waals surface area contributed by atoms with E-state index in [1.54, 1.807) is 12.3 Å². The molecule has 1 aromatic rings. The first-order valence-electron chi connectivity index (χ1n) is 6.54. The lowest BCUT2D eigenvalue weighted by molar-refractivity contribution is 0.0890. The summed E-state index contributed by atoms with van der Waals surface area (Å²) in [6.45, 7) is 0.561. The van der Waals surface area contributed by atoms with Gasteiger partial charge in [-0.05, 0) is 37.9 Å². The normalized spacial score (nSPS) is 24.1. The number of sulfone groups is 1. The monoisotopic (exact) mass is 284 g/mol. The lowest BCUT2D eigenvalue weighted by Crippen LogP contribution is -2.35. The molecule has 2 unspecified atom stereocenters. The molecule has 6 heteroatoms. The number of nitrogens with two attached hydrogens (primary N) is 1. The number of nitrogens with zero attached hydrogens (tertiary/aromatic N) is 1. The zero-order valence-electron chi connectivity index (χ0n) is 11.1. The minimum absolute atomic E-state index is 0.0332. The molecular weight excluding hydrogens is 264 g/mol. The smallest absolute Gasteiger partial charge is 0.232 e. The van der Waals surface area contributed by atoms with E-state index in [1.807, 2.05) is 0 Å². The summed E-state index contributed by atoms with van der Waals surface area (Å²) in [6, 6.07) is 3.13. The SMILES string of the molecule is CS(=O)(=O)c1cccnc1OC1CCCCC1CN. The molecule has 0 amide bonds. The number of pyridine rings is 1. The molecule has 0 saturated heterocycles. The van der Waals surface area contributed by atoms with Crippen molar-refractivity contribution in [2.45, 2.75) is 36.7 Å². The van der Waals surface area contributed by atoms with Gasteiger partial charge in [-0.2, -0.15) is 0 Å². The van der Waals surface area contributed by atoms with Crippen molar-refractivity contribution >= 4 is 9.84 Å². The van der Waals surface area contributed by atoms with Gasteiger partial charge in [-0.25, -0.2) is 13.4 Å². The van der Waals surface area contributed by atoms with Gasteiger partial charge in [-0.1, -0.05) is 6.42 Å². The van der Waals surface area contributed by atoms with Crippen LogP contribution in [0.3, 0.4) is 0 Å². The van der Waals surface area contributed by atoms with E-state index in [0.717, 1.165) is 31.9 Å². The summed E-state index contributed by atoms with van der Waals surface area (Å²) in [4.78, 5) is 4.22. The van der Waals surface area contributed by atoms with E-state index in [2.05, 4.69) is 4.98 Å². The molecule has 0 spiro atoms. The van der Waals surface area contributed by atoms with Crippen molar-refractivity contribution < 1.29 is 13.2 Å². The number of ether oxygens (including phenoxy) is 1. The predicted molar refractivity (Wildman–Crippen MR) is 72.8 cm³/mol. The van der Waals surface area contributed by atoms with Crippen LogP contribution in [0.5, 0.6) is 5.88 Å². The standard InChI is InChI=1S/C13H20N2O3S/c1-19(16,17)12-7-4-8-15-13(12)18-11-6-3-2-5-10(11)9-14/h4,7-8,10-11H,2-3,5-6,9,14H2,1H3. The van der Waals surface area contributed by atoms with Crippen molar-refractivity contribution in [2.24, 2.45) is 11.7 Å². The molecule has 0 aromatic carbocycles. The van der Waals surface area contributed by atoms with Crippen molar-refractivity contribution in [3.8, 4) is 5.88 Å². The summed E-state index contributed by atoms with van der Waals surface area (Å²) >= 11 is 0. The van der Waals surface area contributed by atoms with Crippen LogP contribution in [0.15, 0.2) is 23.2 Å². The quantitative estimate of drug-likeness (QED) is 0.903. The molecule has 0 aliphatic heterocycles. The molecule has 1 aromatic heterocycles. The first-order valence-corrected chi connectivity index (χ1v) is 8.43. The molecule has 2 N–H and O–H groups in total. The fraction of sp³-hybridized carbons (Fsp3) is 0.615. The highest BCUT2D eigenvalue weighted by atomic mass is 32.2. The van der Waals surface area contributed by atoms with E-state index >= 15 is 0 Å². The highest BCUT2D eigenvalue weighted by molar-refractivity contribution is 7.90. The van der Waals surface area contributed by atoms with E-state index in [9.17, 15) is 8.42 Å². The second-order valence-corrected chi connectivity index (χ2v) is 7.00. The van der Waals surface area contributed by atoms with Crippen LogP contribution in [0.1, 0.15) is 25.7 Å². The molecule has 5 nitrogen and oxygen atoms in total. The number of rotatable bonds is 4. The van der Waals surface area contributed by atoms with Gasteiger partial charge in [0.2, 0.25) is 5.88 Å². The summed E-state index contributed by atoms with van der Waals surface area (Å²) in [6.07, 6.45) is 6.85. The Morgan fingerprint density at radius 3 is 2.84 bits per heavy atom. The van der Waals surface area contributed by atoms with Crippen LogP contribution in [-0.2, 0) is 9.84 Å². The molecular formula is C13H20N2O3S. The van der Waals surface area contributed by atoms with E-state index in [1.165, 1.54) is 6.07 Å². The first-order chi connectivity index (χ1) is 9.02. The predicted octanol–water partition coefficient (Wildman–Crippen LogP) is 1.38. The van der Waals surface area contributed by atoms with Gasteiger partial charge in [-0.15, -0.1) is 0 Å². The van der Waals surface area contributed by atoms with Gasteiger partial charge < -0.3 is 10.5 Å². The number of hydrogen-bond acceptors (Lipinski definition) is 5. The molecule has 1 aliphatic carbocycles. The molecule has 106 valence electrons. The molecule has 2 rings (SSSR count). The van der Waals surface area contributed by atoms with E-state index in [4.69, 9.17) is 10.5 Å². The van der Waals surface area contributed by atoms with Crippen molar-refractivity contribution in [2.75, 3.05) is 12.8 Å². The lowest BCUT2D eigenvalue weighted by atomic mass is 9.86. The Balaban J connectivity index is 2.23. The third-order valence-corrected chi connectivity index (χ3v) is 4.65. The fourth-order valence-corrected chi connectivity index (χ4v) is 3.23. The van der Waals surface area contributed by atoms with Gasteiger partial charge in [-0.3, -0.25) is 0 Å². The van der Waals surface area contributed by atoms with Crippen LogP contribution >= 0.6 is 0 Å². The fourth-order valence-electron chi connectivity index (χ4n) is 2.49. The third kappa shape index (κ3) is 3.45. The van der Waals surface area contributed by atoms with Gasteiger partial charge in [0, 0.05) is 18.4 Å². The Hall–Kier alpha value is -1.14. The zero-order chi connectivity index (χ0) is 13.9. The van der Waals surface area contributed by atoms with Crippen LogP contribution in [0.2, 0.25) is 0 Å². The summed E-state index contributed by atoms with van der Waals surface area (Å²) in [5.41, 5.74) is 5.75. The van der Waals surface area contributed by atoms with Crippen LogP contribution < -0.4 is 10.5 Å². The minimum atomic E-state index is -3.33. The topological polar surface area (TPSA) is 82.3 Å². The third-order valence-electron chi connectivity index (χ3n) is 3.54. The summed E-state index contributed by atoms with van der Waals surface area (Å²) in [7, 11) is -3.33. The lowest BCUT2D eigenvalue weighted by Gasteiger charge is -2.30. The van der Waals surface area contributed by atoms with Crippen molar-refractivity contribution in [3.05, 3.63) is 18.3 Å². The largest absolute Gasteiger partial charge is 0.473 e. The van der Waals surface area contributed by atoms with Crippen molar-refractivity contribution in [1.82, 2.24) is 4.98 Å². The summed E-state index contributed by atoms with van der Waals surface area (Å²) in [5.74, 6) is 0.485. The minimum Gasteiger partial charge on any atom is -0.473 e. The Bertz CT molecular complexity index is 530. The Kier molecular flexibility index (Phi) is 4.42. The van der Waals surface area contributed by atoms with Gasteiger partial charge in [0.05, 0.1) is 0 Å². The van der Waals surface area contributed by atoms with Gasteiger partial charge in [0.1, 0.15) is 11.0 Å². The van der Waals surface area contributed by atoms with Gasteiger partial charge in [0.15, 0.2) is 9.84 Å². The number of hydrogen-bond donors (Lipinski definition) is 1. The average molecular weight is 284 g/mol. The molecule has 0 radical (unpaired) electrons. The van der Waals surface area contributed by atoms with E-state index in [-0.39, 0.29) is 22.8 Å². The Morgan fingerprint density at radius 1 is 1.42 bits per heavy atom. The molecule has 1 heterocycles. The Labute approximate surface area is 114 Å². The molecule has 1 aliphatic rings. The Morgan fingerprint density at radius 2 is 2.16 bits per heavy atom.